The van der Waals surface area contributed by atoms with Crippen LogP contribution in [0.1, 0.15) is 34.7 Å². The lowest BCUT2D eigenvalue weighted by atomic mass is 9.92. The number of carbonyl (C=O) groups is 1. The summed E-state index contributed by atoms with van der Waals surface area (Å²) in [6.07, 6.45) is -0.808. The second-order valence-corrected chi connectivity index (χ2v) is 8.35. The molecule has 6 heteroatoms. The van der Waals surface area contributed by atoms with Gasteiger partial charge in [0, 0.05) is 22.8 Å². The van der Waals surface area contributed by atoms with Crippen molar-refractivity contribution in [2.75, 3.05) is 6.61 Å². The number of benzene rings is 4. The Kier molecular flexibility index (Phi) is 6.05. The molecular weight excluding hydrogens is 450 g/mol. The molecule has 1 heterocycles. The van der Waals surface area contributed by atoms with Crippen LogP contribution in [0.2, 0.25) is 5.02 Å². The number of ether oxygens (including phenoxy) is 1. The normalized spacial score (nSPS) is 12.2. The average Bonchev–Trinajstić information content (AvgIpc) is 3.30. The molecule has 170 valence electrons. The zero-order valence-electron chi connectivity index (χ0n) is 18.5. The molecule has 1 unspecified atom stereocenters. The molecule has 0 spiro atoms. The molecule has 0 aliphatic heterocycles. The van der Waals surface area contributed by atoms with Crippen molar-refractivity contribution in [3.8, 4) is 11.3 Å². The van der Waals surface area contributed by atoms with E-state index in [-0.39, 0.29) is 24.4 Å². The van der Waals surface area contributed by atoms with Crippen LogP contribution >= 0.6 is 11.6 Å². The Morgan fingerprint density at radius 3 is 2.09 bits per heavy atom. The van der Waals surface area contributed by atoms with Crippen molar-refractivity contribution in [1.29, 1.82) is 0 Å². The van der Waals surface area contributed by atoms with Crippen LogP contribution in [0.4, 0.5) is 0 Å². The lowest BCUT2D eigenvalue weighted by Gasteiger charge is -2.14. The number of nitrogens with zero attached hydrogens (tertiary/aromatic N) is 1. The van der Waals surface area contributed by atoms with Gasteiger partial charge in [-0.1, -0.05) is 95.6 Å². The predicted octanol–water partition coefficient (Wildman–Crippen LogP) is 6.75. The molecule has 0 aliphatic rings. The van der Waals surface area contributed by atoms with Crippen molar-refractivity contribution in [3.05, 3.63) is 101 Å². The molecule has 4 aromatic carbocycles. The van der Waals surface area contributed by atoms with Crippen LogP contribution in [0.3, 0.4) is 0 Å². The highest BCUT2D eigenvalue weighted by Gasteiger charge is 2.31. The average molecular weight is 472 g/mol. The van der Waals surface area contributed by atoms with Crippen LogP contribution < -0.4 is 0 Å². The van der Waals surface area contributed by atoms with E-state index in [1.54, 1.807) is 6.92 Å². The smallest absolute Gasteiger partial charge is 0.344 e. The number of aliphatic hydroxyl groups is 1. The highest BCUT2D eigenvalue weighted by atomic mass is 35.5. The standard InChI is InChI=1S/C28H22ClNO4/c1-2-33-28(32)24-26(30-34-27(24)22(31)16-17-10-4-3-5-11-17)23-18-12-6-8-14-20(18)25(29)21-15-9-7-13-19(21)23/h3-15,22,31H,2,16H2,1H3. The molecule has 34 heavy (non-hydrogen) atoms. The van der Waals surface area contributed by atoms with Crippen molar-refractivity contribution < 1.29 is 19.2 Å². The highest BCUT2D eigenvalue weighted by Crippen LogP contribution is 2.43. The Bertz CT molecular complexity index is 1440. The minimum absolute atomic E-state index is 0.0837. The number of fused-ring (bicyclic) bond motifs is 2. The first-order chi connectivity index (χ1) is 16.6. The van der Waals surface area contributed by atoms with E-state index in [4.69, 9.17) is 20.9 Å². The maximum absolute atomic E-state index is 13.2. The van der Waals surface area contributed by atoms with Gasteiger partial charge < -0.3 is 14.4 Å². The van der Waals surface area contributed by atoms with Gasteiger partial charge >= 0.3 is 5.97 Å². The van der Waals surface area contributed by atoms with Crippen LogP contribution in [-0.2, 0) is 11.2 Å². The molecule has 0 saturated carbocycles. The van der Waals surface area contributed by atoms with Crippen molar-refractivity contribution in [2.24, 2.45) is 0 Å². The molecule has 0 bridgehead atoms. The van der Waals surface area contributed by atoms with E-state index in [9.17, 15) is 9.90 Å². The third-order valence-electron chi connectivity index (χ3n) is 5.88. The van der Waals surface area contributed by atoms with E-state index < -0.39 is 12.1 Å². The van der Waals surface area contributed by atoms with Gasteiger partial charge in [0.15, 0.2) is 5.76 Å². The van der Waals surface area contributed by atoms with Gasteiger partial charge in [0.1, 0.15) is 17.4 Å². The summed E-state index contributed by atoms with van der Waals surface area (Å²) >= 11 is 6.76. The number of esters is 1. The quantitative estimate of drug-likeness (QED) is 0.219. The zero-order chi connectivity index (χ0) is 23.7. The number of aromatic nitrogens is 1. The first-order valence-corrected chi connectivity index (χ1v) is 11.5. The van der Waals surface area contributed by atoms with E-state index in [1.807, 2.05) is 78.9 Å². The van der Waals surface area contributed by atoms with Gasteiger partial charge in [-0.2, -0.15) is 0 Å². The number of rotatable bonds is 6. The molecule has 1 N–H and O–H groups in total. The highest BCUT2D eigenvalue weighted by molar-refractivity contribution is 6.42. The summed E-state index contributed by atoms with van der Waals surface area (Å²) in [6, 6.07) is 24.9. The molecule has 0 saturated heterocycles. The fourth-order valence-electron chi connectivity index (χ4n) is 4.36. The van der Waals surface area contributed by atoms with Gasteiger partial charge in [-0.25, -0.2) is 4.79 Å². The fraction of sp³-hybridized carbons (Fsp3) is 0.143. The monoisotopic (exact) mass is 471 g/mol. The molecule has 0 amide bonds. The molecule has 0 aliphatic carbocycles. The van der Waals surface area contributed by atoms with Gasteiger partial charge in [0.2, 0.25) is 0 Å². The molecule has 0 fully saturated rings. The Morgan fingerprint density at radius 2 is 1.50 bits per heavy atom. The van der Waals surface area contributed by atoms with E-state index in [1.165, 1.54) is 0 Å². The lowest BCUT2D eigenvalue weighted by Crippen LogP contribution is -2.11. The van der Waals surface area contributed by atoms with Crippen LogP contribution in [-0.4, -0.2) is 22.8 Å². The van der Waals surface area contributed by atoms with Crippen molar-refractivity contribution >= 4 is 39.1 Å². The van der Waals surface area contributed by atoms with Crippen molar-refractivity contribution in [2.45, 2.75) is 19.4 Å². The van der Waals surface area contributed by atoms with Crippen molar-refractivity contribution in [1.82, 2.24) is 5.16 Å². The first-order valence-electron chi connectivity index (χ1n) is 11.1. The maximum atomic E-state index is 13.2. The minimum atomic E-state index is -1.08. The maximum Gasteiger partial charge on any atom is 0.344 e. The van der Waals surface area contributed by atoms with Gasteiger partial charge in [0.25, 0.3) is 0 Å². The van der Waals surface area contributed by atoms with E-state index >= 15 is 0 Å². The molecule has 5 aromatic rings. The first kappa shape index (κ1) is 22.1. The summed E-state index contributed by atoms with van der Waals surface area (Å²) < 4.78 is 11.0. The van der Waals surface area contributed by atoms with Crippen LogP contribution in [0.5, 0.6) is 0 Å². The van der Waals surface area contributed by atoms with Gasteiger partial charge in [0.05, 0.1) is 11.6 Å². The molecule has 1 atom stereocenters. The van der Waals surface area contributed by atoms with E-state index in [0.29, 0.717) is 16.3 Å². The van der Waals surface area contributed by atoms with Gasteiger partial charge in [-0.15, -0.1) is 0 Å². The number of hydrogen-bond acceptors (Lipinski definition) is 5. The van der Waals surface area contributed by atoms with Crippen molar-refractivity contribution in [3.63, 3.8) is 0 Å². The Morgan fingerprint density at radius 1 is 0.941 bits per heavy atom. The molecule has 1 aromatic heterocycles. The SMILES string of the molecule is CCOC(=O)c1c(-c2c3ccccc3c(Cl)c3ccccc23)noc1C(O)Cc1ccccc1. The molecule has 5 rings (SSSR count). The number of carbonyl (C=O) groups excluding carboxylic acids is 1. The summed E-state index contributed by atoms with van der Waals surface area (Å²) in [5.74, 6) is -0.510. The number of aliphatic hydroxyl groups excluding tert-OH is 1. The largest absolute Gasteiger partial charge is 0.462 e. The fourth-order valence-corrected chi connectivity index (χ4v) is 4.69. The minimum Gasteiger partial charge on any atom is -0.462 e. The second kappa shape index (κ2) is 9.29. The van der Waals surface area contributed by atoms with Crippen LogP contribution in [0, 0.1) is 0 Å². The summed E-state index contributed by atoms with van der Waals surface area (Å²) in [7, 11) is 0. The summed E-state index contributed by atoms with van der Waals surface area (Å²) in [6.45, 7) is 1.91. The van der Waals surface area contributed by atoms with Gasteiger partial charge in [-0.05, 0) is 23.3 Å². The summed E-state index contributed by atoms with van der Waals surface area (Å²) in [5.41, 5.74) is 2.07. The topological polar surface area (TPSA) is 72.6 Å². The van der Waals surface area contributed by atoms with Crippen LogP contribution in [0.25, 0.3) is 32.8 Å². The second-order valence-electron chi connectivity index (χ2n) is 7.98. The molecule has 5 nitrogen and oxygen atoms in total. The van der Waals surface area contributed by atoms with E-state index in [0.717, 1.165) is 27.1 Å². The number of halogens is 1. The number of hydrogen-bond donors (Lipinski definition) is 1. The molecule has 0 radical (unpaired) electrons. The van der Waals surface area contributed by atoms with Crippen LogP contribution in [0.15, 0.2) is 83.4 Å². The zero-order valence-corrected chi connectivity index (χ0v) is 19.3. The Labute approximate surface area is 201 Å². The lowest BCUT2D eigenvalue weighted by molar-refractivity contribution is 0.0513. The summed E-state index contributed by atoms with van der Waals surface area (Å²) in [4.78, 5) is 13.2. The Balaban J connectivity index is 1.76. The third kappa shape index (κ3) is 3.83. The van der Waals surface area contributed by atoms with Gasteiger partial charge in [-0.3, -0.25) is 0 Å². The third-order valence-corrected chi connectivity index (χ3v) is 6.28. The predicted molar refractivity (Wildman–Crippen MR) is 133 cm³/mol. The van der Waals surface area contributed by atoms with E-state index in [2.05, 4.69) is 5.16 Å². The Hall–Kier alpha value is -3.67. The molecular formula is C28H22ClNO4. The summed E-state index contributed by atoms with van der Waals surface area (Å²) in [5, 5.41) is 19.3.